The van der Waals surface area contributed by atoms with Crippen LogP contribution < -0.4 is 0 Å². The van der Waals surface area contributed by atoms with Gasteiger partial charge in [-0.3, -0.25) is 4.98 Å². The molecule has 1 aliphatic rings. The second kappa shape index (κ2) is 3.17. The predicted molar refractivity (Wildman–Crippen MR) is 70.0 cm³/mol. The first-order chi connectivity index (χ1) is 8.43. The molecule has 80 valence electrons. The van der Waals surface area contributed by atoms with Crippen molar-refractivity contribution in [2.45, 2.75) is 6.42 Å². The van der Waals surface area contributed by atoms with Crippen LogP contribution in [0, 0.1) is 0 Å². The Bertz CT molecular complexity index is 723. The van der Waals surface area contributed by atoms with Gasteiger partial charge in [-0.2, -0.15) is 0 Å². The molecular weight excluding hydrogens is 206 g/mol. The van der Waals surface area contributed by atoms with Gasteiger partial charge in [0.25, 0.3) is 0 Å². The van der Waals surface area contributed by atoms with Crippen molar-refractivity contribution in [1.82, 2.24) is 4.98 Å². The number of nitrogens with zero attached hydrogens (tertiary/aromatic N) is 1. The minimum Gasteiger partial charge on any atom is -0.263 e. The lowest BCUT2D eigenvalue weighted by Crippen LogP contribution is -2.01. The summed E-state index contributed by atoms with van der Waals surface area (Å²) in [6.45, 7) is 0. The van der Waals surface area contributed by atoms with Crippen LogP contribution in [0.4, 0.5) is 0 Å². The van der Waals surface area contributed by atoms with E-state index in [9.17, 15) is 0 Å². The molecule has 0 bridgehead atoms. The summed E-state index contributed by atoms with van der Waals surface area (Å²) < 4.78 is 0. The lowest BCUT2D eigenvalue weighted by molar-refractivity contribution is 1.19. The smallest absolute Gasteiger partial charge is 0.0353 e. The summed E-state index contributed by atoms with van der Waals surface area (Å²) in [5.41, 5.74) is 5.43. The van der Waals surface area contributed by atoms with Gasteiger partial charge in [0.05, 0.1) is 0 Å². The summed E-state index contributed by atoms with van der Waals surface area (Å²) in [7, 11) is 0. The Labute approximate surface area is 99.7 Å². The van der Waals surface area contributed by atoms with Gasteiger partial charge >= 0.3 is 0 Å². The normalized spacial score (nSPS) is 12.5. The number of hydrogen-bond acceptors (Lipinski definition) is 1. The van der Waals surface area contributed by atoms with Crippen LogP contribution in [0.5, 0.6) is 0 Å². The van der Waals surface area contributed by atoms with Crippen LogP contribution in [-0.2, 0) is 6.42 Å². The van der Waals surface area contributed by atoms with E-state index in [1.54, 1.807) is 0 Å². The van der Waals surface area contributed by atoms with Crippen LogP contribution in [0.25, 0.3) is 21.9 Å². The van der Waals surface area contributed by atoms with Gasteiger partial charge in [-0.1, -0.05) is 42.5 Å². The van der Waals surface area contributed by atoms with Gasteiger partial charge in [-0.15, -0.1) is 0 Å². The number of aromatic nitrogens is 1. The second-order valence-corrected chi connectivity index (χ2v) is 4.54. The van der Waals surface area contributed by atoms with Gasteiger partial charge in [-0.25, -0.2) is 0 Å². The van der Waals surface area contributed by atoms with Crippen molar-refractivity contribution in [3.05, 3.63) is 66.0 Å². The summed E-state index contributed by atoms with van der Waals surface area (Å²) in [5.74, 6) is 0. The molecule has 0 unspecified atom stereocenters. The standard InChI is InChI=1S/C16H11N/c1-2-7-14-11(4-1)8-12-5-3-6-13-9-17-10-15(14)16(12)13/h1-7,9-10H,8H2. The lowest BCUT2D eigenvalue weighted by Gasteiger charge is -2.19. The lowest BCUT2D eigenvalue weighted by atomic mass is 9.85. The molecule has 2 aromatic carbocycles. The van der Waals surface area contributed by atoms with Crippen molar-refractivity contribution in [3.8, 4) is 11.1 Å². The molecule has 1 nitrogen and oxygen atoms in total. The molecule has 0 saturated carbocycles. The third-order valence-electron chi connectivity index (χ3n) is 3.56. The van der Waals surface area contributed by atoms with Crippen molar-refractivity contribution in [2.75, 3.05) is 0 Å². The van der Waals surface area contributed by atoms with Gasteiger partial charge < -0.3 is 0 Å². The molecule has 3 aromatic rings. The van der Waals surface area contributed by atoms with Crippen molar-refractivity contribution >= 4 is 10.8 Å². The average Bonchev–Trinajstić information content (AvgIpc) is 2.39. The SMILES string of the molecule is c1ccc2c(c1)Cc1cccc3cncc-2c13. The molecule has 0 atom stereocenters. The van der Waals surface area contributed by atoms with E-state index in [2.05, 4.69) is 47.4 Å². The van der Waals surface area contributed by atoms with Gasteiger partial charge in [-0.05, 0) is 28.5 Å². The highest BCUT2D eigenvalue weighted by molar-refractivity contribution is 6.00. The van der Waals surface area contributed by atoms with Crippen molar-refractivity contribution in [1.29, 1.82) is 0 Å². The molecule has 1 aliphatic carbocycles. The van der Waals surface area contributed by atoms with Gasteiger partial charge in [0.2, 0.25) is 0 Å². The molecule has 1 aromatic heterocycles. The molecule has 0 N–H and O–H groups in total. The fourth-order valence-electron chi connectivity index (χ4n) is 2.81. The van der Waals surface area contributed by atoms with Crippen LogP contribution in [0.15, 0.2) is 54.9 Å². The highest BCUT2D eigenvalue weighted by Crippen LogP contribution is 2.38. The molecule has 4 rings (SSSR count). The van der Waals surface area contributed by atoms with Gasteiger partial charge in [0.1, 0.15) is 0 Å². The molecule has 0 amide bonds. The van der Waals surface area contributed by atoms with E-state index in [4.69, 9.17) is 0 Å². The Morgan fingerprint density at radius 1 is 0.765 bits per heavy atom. The van der Waals surface area contributed by atoms with Crippen molar-refractivity contribution in [3.63, 3.8) is 0 Å². The Balaban J connectivity index is 2.22. The zero-order chi connectivity index (χ0) is 11.2. The summed E-state index contributed by atoms with van der Waals surface area (Å²) in [5, 5.41) is 2.62. The fraction of sp³-hybridized carbons (Fsp3) is 0.0625. The van der Waals surface area contributed by atoms with Crippen LogP contribution in [0.3, 0.4) is 0 Å². The highest BCUT2D eigenvalue weighted by Gasteiger charge is 2.17. The molecule has 0 fully saturated rings. The summed E-state index contributed by atoms with van der Waals surface area (Å²) in [6.07, 6.45) is 4.98. The first-order valence-corrected chi connectivity index (χ1v) is 5.87. The molecule has 1 heteroatoms. The fourth-order valence-corrected chi connectivity index (χ4v) is 2.81. The Morgan fingerprint density at radius 2 is 1.65 bits per heavy atom. The van der Waals surface area contributed by atoms with E-state index >= 15 is 0 Å². The maximum Gasteiger partial charge on any atom is 0.0353 e. The zero-order valence-electron chi connectivity index (χ0n) is 9.35. The van der Waals surface area contributed by atoms with E-state index in [1.165, 1.54) is 33.0 Å². The van der Waals surface area contributed by atoms with Crippen molar-refractivity contribution < 1.29 is 0 Å². The van der Waals surface area contributed by atoms with Crippen LogP contribution in [0.1, 0.15) is 11.1 Å². The Hall–Kier alpha value is -2.15. The number of pyridine rings is 1. The molecule has 0 aliphatic heterocycles. The van der Waals surface area contributed by atoms with E-state index in [1.807, 2.05) is 12.4 Å². The van der Waals surface area contributed by atoms with E-state index in [-0.39, 0.29) is 0 Å². The van der Waals surface area contributed by atoms with Gasteiger partial charge in [0.15, 0.2) is 0 Å². The third kappa shape index (κ3) is 1.17. The summed E-state index contributed by atoms with van der Waals surface area (Å²) >= 11 is 0. The molecule has 1 heterocycles. The Kier molecular flexibility index (Phi) is 1.67. The number of hydrogen-bond donors (Lipinski definition) is 0. The number of fused-ring (bicyclic) bond motifs is 2. The van der Waals surface area contributed by atoms with E-state index in [0.29, 0.717) is 0 Å². The molecule has 0 radical (unpaired) electrons. The monoisotopic (exact) mass is 217 g/mol. The quantitative estimate of drug-likeness (QED) is 0.436. The van der Waals surface area contributed by atoms with Crippen molar-refractivity contribution in [2.24, 2.45) is 0 Å². The van der Waals surface area contributed by atoms with Crippen LogP contribution in [-0.4, -0.2) is 4.98 Å². The van der Waals surface area contributed by atoms with E-state index < -0.39 is 0 Å². The maximum atomic E-state index is 4.36. The third-order valence-corrected chi connectivity index (χ3v) is 3.56. The molecule has 0 spiro atoms. The van der Waals surface area contributed by atoms with E-state index in [0.717, 1.165) is 6.42 Å². The van der Waals surface area contributed by atoms with Gasteiger partial charge in [0, 0.05) is 23.3 Å². The van der Waals surface area contributed by atoms with Crippen LogP contribution >= 0.6 is 0 Å². The molecular formula is C16H11N. The summed E-state index contributed by atoms with van der Waals surface area (Å²) in [6, 6.07) is 15.1. The first kappa shape index (κ1) is 8.94. The predicted octanol–water partition coefficient (Wildman–Crippen LogP) is 3.81. The molecule has 17 heavy (non-hydrogen) atoms. The highest BCUT2D eigenvalue weighted by atomic mass is 14.6. The first-order valence-electron chi connectivity index (χ1n) is 5.87. The minimum absolute atomic E-state index is 1.03. The topological polar surface area (TPSA) is 12.9 Å². The summed E-state index contributed by atoms with van der Waals surface area (Å²) in [4.78, 5) is 4.36. The molecule has 0 saturated heterocycles. The minimum atomic E-state index is 1.03. The van der Waals surface area contributed by atoms with Crippen LogP contribution in [0.2, 0.25) is 0 Å². The largest absolute Gasteiger partial charge is 0.263 e. The second-order valence-electron chi connectivity index (χ2n) is 4.54. The average molecular weight is 217 g/mol. The Morgan fingerprint density at radius 3 is 2.65 bits per heavy atom. The number of rotatable bonds is 0. The maximum absolute atomic E-state index is 4.36. The number of benzene rings is 2. The zero-order valence-corrected chi connectivity index (χ0v) is 9.35.